The van der Waals surface area contributed by atoms with E-state index in [9.17, 15) is 10.1 Å². The van der Waals surface area contributed by atoms with Crippen molar-refractivity contribution in [2.75, 3.05) is 0 Å². The molecule has 0 saturated carbocycles. The molecule has 2 rings (SSSR count). The summed E-state index contributed by atoms with van der Waals surface area (Å²) in [5.74, 6) is 0. The number of epoxide rings is 1. The number of halogens is 1. The third kappa shape index (κ3) is 1.83. The van der Waals surface area contributed by atoms with Crippen LogP contribution in [0.1, 0.15) is 11.8 Å². The van der Waals surface area contributed by atoms with Gasteiger partial charge >= 0.3 is 0 Å². The highest BCUT2D eigenvalue weighted by Gasteiger charge is 2.40. The molecule has 1 fully saturated rings. The molecule has 2 heterocycles. The van der Waals surface area contributed by atoms with Crippen molar-refractivity contribution in [2.45, 2.75) is 12.3 Å². The van der Waals surface area contributed by atoms with Crippen LogP contribution in [0, 0.1) is 10.1 Å². The van der Waals surface area contributed by atoms with Gasteiger partial charge in [0.15, 0.2) is 0 Å². The molecule has 2 unspecified atom stereocenters. The minimum Gasteiger partial charge on any atom is -0.346 e. The highest BCUT2D eigenvalue weighted by atomic mass is 127. The second-order valence-electron chi connectivity index (χ2n) is 2.78. The van der Waals surface area contributed by atoms with Crippen molar-refractivity contribution in [3.8, 4) is 0 Å². The zero-order valence-electron chi connectivity index (χ0n) is 6.88. The zero-order valence-corrected chi connectivity index (χ0v) is 9.04. The molecule has 2 atom stereocenters. The van der Waals surface area contributed by atoms with Gasteiger partial charge in [-0.3, -0.25) is 15.1 Å². The molecule has 0 bridgehead atoms. The summed E-state index contributed by atoms with van der Waals surface area (Å²) < 4.78 is 8.10. The summed E-state index contributed by atoms with van der Waals surface area (Å²) in [4.78, 5) is 13.8. The van der Waals surface area contributed by atoms with Crippen LogP contribution in [-0.2, 0) is 4.74 Å². The number of ether oxygens (including phenoxy) is 1. The first-order chi connectivity index (χ1) is 6.72. The summed E-state index contributed by atoms with van der Waals surface area (Å²) in [5.41, 5.74) is 0.707. The van der Waals surface area contributed by atoms with E-state index >= 15 is 0 Å². The number of pyridine rings is 1. The first-order valence-electron chi connectivity index (χ1n) is 3.84. The predicted molar refractivity (Wildman–Crippen MR) is 55.7 cm³/mol. The molecule has 1 saturated heterocycles. The van der Waals surface area contributed by atoms with Gasteiger partial charge in [0, 0.05) is 28.9 Å². The number of hydrogen-bond acceptors (Lipinski definition) is 5. The van der Waals surface area contributed by atoms with Crippen LogP contribution >= 0.6 is 22.9 Å². The van der Waals surface area contributed by atoms with Crippen LogP contribution in [0.15, 0.2) is 18.3 Å². The highest BCUT2D eigenvalue weighted by molar-refractivity contribution is 14.1. The molecule has 1 aromatic rings. The van der Waals surface area contributed by atoms with Gasteiger partial charge in [0.05, 0.1) is 10.6 Å². The number of nitrogens with one attached hydrogen (secondary N) is 1. The van der Waals surface area contributed by atoms with Gasteiger partial charge in [0.2, 0.25) is 0 Å². The smallest absolute Gasteiger partial charge is 0.287 e. The molecule has 0 radical (unpaired) electrons. The largest absolute Gasteiger partial charge is 0.346 e. The van der Waals surface area contributed by atoms with Crippen molar-refractivity contribution in [2.24, 2.45) is 0 Å². The van der Waals surface area contributed by atoms with E-state index in [1.54, 1.807) is 6.07 Å². The molecular weight excluding hydrogens is 301 g/mol. The Morgan fingerprint density at radius 2 is 2.43 bits per heavy atom. The third-order valence-electron chi connectivity index (χ3n) is 1.87. The molecule has 74 valence electrons. The van der Waals surface area contributed by atoms with Crippen molar-refractivity contribution in [3.63, 3.8) is 0 Å². The second kappa shape index (κ2) is 3.75. The minimum atomic E-state index is -0.474. The standard InChI is InChI=1S/C7H6IN3O3/c8-10-7-6(14-7)5-2-1-4(3-9-5)11(12)13/h1-3,6-7,10H. The Hall–Kier alpha value is -0.800. The molecule has 6 nitrogen and oxygen atoms in total. The molecule has 1 aliphatic heterocycles. The van der Waals surface area contributed by atoms with E-state index in [2.05, 4.69) is 8.51 Å². The lowest BCUT2D eigenvalue weighted by Gasteiger charge is -1.94. The molecule has 0 amide bonds. The van der Waals surface area contributed by atoms with Crippen molar-refractivity contribution in [1.82, 2.24) is 8.51 Å². The molecule has 0 spiro atoms. The number of aromatic nitrogens is 1. The Balaban J connectivity index is 2.11. The van der Waals surface area contributed by atoms with Crippen LogP contribution in [0.3, 0.4) is 0 Å². The molecule has 1 aromatic heterocycles. The molecule has 0 aromatic carbocycles. The van der Waals surface area contributed by atoms with Gasteiger partial charge in [0.25, 0.3) is 5.69 Å². The van der Waals surface area contributed by atoms with Gasteiger partial charge in [-0.15, -0.1) is 0 Å². The normalized spacial score (nSPS) is 24.6. The number of nitrogens with zero attached hydrogens (tertiary/aromatic N) is 2. The van der Waals surface area contributed by atoms with E-state index in [0.29, 0.717) is 5.69 Å². The molecule has 0 aliphatic carbocycles. The topological polar surface area (TPSA) is 80.6 Å². The van der Waals surface area contributed by atoms with Crippen molar-refractivity contribution in [3.05, 3.63) is 34.1 Å². The molecule has 14 heavy (non-hydrogen) atoms. The number of rotatable bonds is 3. The first-order valence-corrected chi connectivity index (χ1v) is 4.92. The Morgan fingerprint density at radius 3 is 2.86 bits per heavy atom. The Morgan fingerprint density at radius 1 is 1.64 bits per heavy atom. The maximum Gasteiger partial charge on any atom is 0.287 e. The lowest BCUT2D eigenvalue weighted by atomic mass is 10.2. The Labute approximate surface area is 93.3 Å². The quantitative estimate of drug-likeness (QED) is 0.299. The third-order valence-corrected chi connectivity index (χ3v) is 2.49. The number of nitro groups is 1. The van der Waals surface area contributed by atoms with Crippen LogP contribution in [0.5, 0.6) is 0 Å². The molecule has 1 aliphatic rings. The molecule has 7 heteroatoms. The lowest BCUT2D eigenvalue weighted by Crippen LogP contribution is -2.03. The average Bonchev–Trinajstić information content (AvgIpc) is 2.97. The molecule has 1 N–H and O–H groups in total. The minimum absolute atomic E-state index is 0.00613. The van der Waals surface area contributed by atoms with Crippen LogP contribution < -0.4 is 3.53 Å². The van der Waals surface area contributed by atoms with Gasteiger partial charge in [-0.05, 0) is 6.07 Å². The van der Waals surface area contributed by atoms with Crippen LogP contribution in [0.25, 0.3) is 0 Å². The van der Waals surface area contributed by atoms with E-state index in [1.807, 2.05) is 22.9 Å². The van der Waals surface area contributed by atoms with Crippen molar-refractivity contribution < 1.29 is 9.66 Å². The van der Waals surface area contributed by atoms with Gasteiger partial charge in [-0.2, -0.15) is 0 Å². The maximum atomic E-state index is 10.3. The summed E-state index contributed by atoms with van der Waals surface area (Å²) in [5, 5.41) is 10.3. The van der Waals surface area contributed by atoms with Gasteiger partial charge in [0.1, 0.15) is 18.5 Å². The highest BCUT2D eigenvalue weighted by Crippen LogP contribution is 2.36. The van der Waals surface area contributed by atoms with E-state index in [0.717, 1.165) is 0 Å². The zero-order chi connectivity index (χ0) is 10.1. The first kappa shape index (κ1) is 9.74. The number of hydrogen-bond donors (Lipinski definition) is 1. The SMILES string of the molecule is O=[N+]([O-])c1ccc(C2OC2NI)nc1. The summed E-state index contributed by atoms with van der Waals surface area (Å²) in [7, 11) is 0. The van der Waals surface area contributed by atoms with Crippen molar-refractivity contribution in [1.29, 1.82) is 0 Å². The molecular formula is C7H6IN3O3. The average molecular weight is 307 g/mol. The summed E-state index contributed by atoms with van der Waals surface area (Å²) in [6.45, 7) is 0. The van der Waals surface area contributed by atoms with Crippen LogP contribution in [-0.4, -0.2) is 16.1 Å². The van der Waals surface area contributed by atoms with E-state index in [-0.39, 0.29) is 18.0 Å². The van der Waals surface area contributed by atoms with E-state index < -0.39 is 4.92 Å². The Kier molecular flexibility index (Phi) is 2.61. The fraction of sp³-hybridized carbons (Fsp3) is 0.286. The fourth-order valence-electron chi connectivity index (χ4n) is 1.09. The van der Waals surface area contributed by atoms with E-state index in [4.69, 9.17) is 4.74 Å². The van der Waals surface area contributed by atoms with Gasteiger partial charge in [-0.25, -0.2) is 3.53 Å². The summed E-state index contributed by atoms with van der Waals surface area (Å²) in [6.07, 6.45) is 1.14. The second-order valence-corrected chi connectivity index (χ2v) is 3.41. The maximum absolute atomic E-state index is 10.3. The van der Waals surface area contributed by atoms with Crippen LogP contribution in [0.2, 0.25) is 0 Å². The van der Waals surface area contributed by atoms with Crippen molar-refractivity contribution >= 4 is 28.6 Å². The Bertz CT molecular complexity index is 356. The summed E-state index contributed by atoms with van der Waals surface area (Å²) in [6, 6.07) is 3.03. The summed E-state index contributed by atoms with van der Waals surface area (Å²) >= 11 is 1.99. The predicted octanol–water partition coefficient (Wildman–Crippen LogP) is 1.33. The van der Waals surface area contributed by atoms with Gasteiger partial charge < -0.3 is 4.74 Å². The van der Waals surface area contributed by atoms with E-state index in [1.165, 1.54) is 12.3 Å². The fourth-order valence-corrected chi connectivity index (χ4v) is 1.57. The van der Waals surface area contributed by atoms with Gasteiger partial charge in [-0.1, -0.05) is 0 Å². The van der Waals surface area contributed by atoms with Crippen LogP contribution in [0.4, 0.5) is 5.69 Å². The lowest BCUT2D eigenvalue weighted by molar-refractivity contribution is -0.385. The monoisotopic (exact) mass is 307 g/mol.